The van der Waals surface area contributed by atoms with Gasteiger partial charge in [-0.3, -0.25) is 4.79 Å². The summed E-state index contributed by atoms with van der Waals surface area (Å²) in [6.45, 7) is 3.39. The molecular formula is C15H19N3O2. The van der Waals surface area contributed by atoms with Crippen molar-refractivity contribution >= 4 is 5.91 Å². The number of likely N-dealkylation sites (N-methyl/N-ethyl adjacent to an activating group) is 1. The molecule has 0 radical (unpaired) electrons. The van der Waals surface area contributed by atoms with E-state index in [0.29, 0.717) is 17.9 Å². The predicted octanol–water partition coefficient (Wildman–Crippen LogP) is 1.94. The number of amides is 1. The van der Waals surface area contributed by atoms with Crippen LogP contribution in [0.15, 0.2) is 35.0 Å². The van der Waals surface area contributed by atoms with E-state index in [4.69, 9.17) is 4.52 Å². The summed E-state index contributed by atoms with van der Waals surface area (Å²) in [7, 11) is 3.92. The molecule has 1 aromatic heterocycles. The van der Waals surface area contributed by atoms with Gasteiger partial charge in [0.05, 0.1) is 6.20 Å². The topological polar surface area (TPSA) is 58.4 Å². The maximum absolute atomic E-state index is 12.1. The zero-order valence-electron chi connectivity index (χ0n) is 12.0. The lowest BCUT2D eigenvalue weighted by molar-refractivity contribution is 0.0951. The van der Waals surface area contributed by atoms with Gasteiger partial charge in [0, 0.05) is 18.7 Å². The van der Waals surface area contributed by atoms with Crippen molar-refractivity contribution in [3.05, 3.63) is 41.6 Å². The number of carbonyl (C=O) groups excluding carboxylic acids is 1. The van der Waals surface area contributed by atoms with Gasteiger partial charge in [0.25, 0.3) is 5.91 Å². The molecule has 1 N–H and O–H groups in total. The Labute approximate surface area is 118 Å². The van der Waals surface area contributed by atoms with Crippen molar-refractivity contribution < 1.29 is 9.32 Å². The van der Waals surface area contributed by atoms with E-state index in [1.807, 2.05) is 50.2 Å². The maximum atomic E-state index is 12.1. The lowest BCUT2D eigenvalue weighted by Gasteiger charge is -2.10. The molecule has 20 heavy (non-hydrogen) atoms. The fourth-order valence-electron chi connectivity index (χ4n) is 1.80. The van der Waals surface area contributed by atoms with Gasteiger partial charge in [-0.2, -0.15) is 0 Å². The van der Waals surface area contributed by atoms with E-state index >= 15 is 0 Å². The monoisotopic (exact) mass is 273 g/mol. The van der Waals surface area contributed by atoms with E-state index < -0.39 is 0 Å². The van der Waals surface area contributed by atoms with E-state index in [1.165, 1.54) is 6.20 Å². The number of aromatic nitrogens is 1. The molecule has 1 heterocycles. The molecule has 0 unspecified atom stereocenters. The van der Waals surface area contributed by atoms with Gasteiger partial charge in [-0.1, -0.05) is 35.0 Å². The molecule has 5 nitrogen and oxygen atoms in total. The summed E-state index contributed by atoms with van der Waals surface area (Å²) in [5.74, 6) is 0.344. The Morgan fingerprint density at radius 3 is 2.65 bits per heavy atom. The first kappa shape index (κ1) is 14.3. The third-order valence-electron chi connectivity index (χ3n) is 2.97. The van der Waals surface area contributed by atoms with Gasteiger partial charge in [0.1, 0.15) is 5.56 Å². The van der Waals surface area contributed by atoms with Gasteiger partial charge in [-0.05, 0) is 21.0 Å². The Hall–Kier alpha value is -2.14. The van der Waals surface area contributed by atoms with Crippen LogP contribution in [0.1, 0.15) is 15.9 Å². The van der Waals surface area contributed by atoms with Crippen LogP contribution < -0.4 is 5.32 Å². The first-order valence-electron chi connectivity index (χ1n) is 6.52. The van der Waals surface area contributed by atoms with Gasteiger partial charge in [-0.15, -0.1) is 0 Å². The molecule has 0 bridgehead atoms. The summed E-state index contributed by atoms with van der Waals surface area (Å²) in [5, 5.41) is 6.60. The van der Waals surface area contributed by atoms with Crippen molar-refractivity contribution in [2.45, 2.75) is 6.92 Å². The van der Waals surface area contributed by atoms with Crippen LogP contribution in [-0.4, -0.2) is 43.1 Å². The summed E-state index contributed by atoms with van der Waals surface area (Å²) in [6.07, 6.45) is 1.46. The highest BCUT2D eigenvalue weighted by Crippen LogP contribution is 2.23. The van der Waals surface area contributed by atoms with Gasteiger partial charge >= 0.3 is 0 Å². The third kappa shape index (κ3) is 3.45. The minimum atomic E-state index is -0.163. The average Bonchev–Trinajstić information content (AvgIpc) is 2.88. The quantitative estimate of drug-likeness (QED) is 0.904. The van der Waals surface area contributed by atoms with Crippen molar-refractivity contribution in [3.8, 4) is 11.3 Å². The van der Waals surface area contributed by atoms with Crippen LogP contribution in [0.25, 0.3) is 11.3 Å². The van der Waals surface area contributed by atoms with Crippen LogP contribution in [0.4, 0.5) is 0 Å². The van der Waals surface area contributed by atoms with Crippen LogP contribution >= 0.6 is 0 Å². The van der Waals surface area contributed by atoms with Crippen molar-refractivity contribution in [3.63, 3.8) is 0 Å². The molecule has 0 saturated carbocycles. The van der Waals surface area contributed by atoms with Crippen molar-refractivity contribution in [1.29, 1.82) is 0 Å². The summed E-state index contributed by atoms with van der Waals surface area (Å²) >= 11 is 0. The van der Waals surface area contributed by atoms with Crippen molar-refractivity contribution in [2.24, 2.45) is 0 Å². The Bertz CT molecular complexity index is 573. The molecule has 1 aromatic carbocycles. The predicted molar refractivity (Wildman–Crippen MR) is 77.6 cm³/mol. The summed E-state index contributed by atoms with van der Waals surface area (Å²) in [6, 6.07) is 7.80. The zero-order valence-corrected chi connectivity index (χ0v) is 12.0. The van der Waals surface area contributed by atoms with Gasteiger partial charge in [-0.25, -0.2) is 0 Å². The molecule has 106 valence electrons. The third-order valence-corrected chi connectivity index (χ3v) is 2.97. The molecule has 0 fully saturated rings. The molecule has 0 aliphatic rings. The second-order valence-electron chi connectivity index (χ2n) is 4.99. The number of benzene rings is 1. The molecule has 2 aromatic rings. The Morgan fingerprint density at radius 2 is 2.00 bits per heavy atom. The SMILES string of the molecule is Cc1ccc(-c2oncc2C(=O)NCCN(C)C)cc1. The Morgan fingerprint density at radius 1 is 1.30 bits per heavy atom. The van der Waals surface area contributed by atoms with Gasteiger partial charge in [0.15, 0.2) is 5.76 Å². The van der Waals surface area contributed by atoms with E-state index in [-0.39, 0.29) is 5.91 Å². The number of nitrogens with one attached hydrogen (secondary N) is 1. The van der Waals surface area contributed by atoms with E-state index in [9.17, 15) is 4.79 Å². The van der Waals surface area contributed by atoms with Crippen LogP contribution in [-0.2, 0) is 0 Å². The molecule has 2 rings (SSSR count). The van der Waals surface area contributed by atoms with Gasteiger partial charge < -0.3 is 14.7 Å². The second-order valence-corrected chi connectivity index (χ2v) is 4.99. The lowest BCUT2D eigenvalue weighted by Crippen LogP contribution is -2.31. The molecule has 0 aliphatic heterocycles. The number of rotatable bonds is 5. The molecule has 1 amide bonds. The minimum absolute atomic E-state index is 0.163. The number of nitrogens with zero attached hydrogens (tertiary/aromatic N) is 2. The highest BCUT2D eigenvalue weighted by molar-refractivity contribution is 5.99. The first-order valence-corrected chi connectivity index (χ1v) is 6.52. The lowest BCUT2D eigenvalue weighted by atomic mass is 10.1. The van der Waals surface area contributed by atoms with Crippen LogP contribution in [0.3, 0.4) is 0 Å². The number of hydrogen-bond acceptors (Lipinski definition) is 4. The van der Waals surface area contributed by atoms with E-state index in [1.54, 1.807) is 0 Å². The fourth-order valence-corrected chi connectivity index (χ4v) is 1.80. The fraction of sp³-hybridized carbons (Fsp3) is 0.333. The molecule has 0 spiro atoms. The van der Waals surface area contributed by atoms with Crippen molar-refractivity contribution in [2.75, 3.05) is 27.2 Å². The zero-order chi connectivity index (χ0) is 14.5. The summed E-state index contributed by atoms with van der Waals surface area (Å²) in [4.78, 5) is 14.1. The first-order chi connectivity index (χ1) is 9.58. The normalized spacial score (nSPS) is 10.8. The highest BCUT2D eigenvalue weighted by atomic mass is 16.5. The Kier molecular flexibility index (Phi) is 4.53. The van der Waals surface area contributed by atoms with Gasteiger partial charge in [0.2, 0.25) is 0 Å². The second kappa shape index (κ2) is 6.34. The standard InChI is InChI=1S/C15H19N3O2/c1-11-4-6-12(7-5-11)14-13(10-17-20-14)15(19)16-8-9-18(2)3/h4-7,10H,8-9H2,1-3H3,(H,16,19). The van der Waals surface area contributed by atoms with Crippen LogP contribution in [0.2, 0.25) is 0 Å². The van der Waals surface area contributed by atoms with E-state index in [2.05, 4.69) is 10.5 Å². The minimum Gasteiger partial charge on any atom is -0.355 e. The number of hydrogen-bond donors (Lipinski definition) is 1. The van der Waals surface area contributed by atoms with Crippen molar-refractivity contribution in [1.82, 2.24) is 15.4 Å². The number of aryl methyl sites for hydroxylation is 1. The smallest absolute Gasteiger partial charge is 0.256 e. The van der Waals surface area contributed by atoms with E-state index in [0.717, 1.165) is 17.7 Å². The largest absolute Gasteiger partial charge is 0.355 e. The summed E-state index contributed by atoms with van der Waals surface area (Å²) < 4.78 is 5.22. The maximum Gasteiger partial charge on any atom is 0.256 e. The highest BCUT2D eigenvalue weighted by Gasteiger charge is 2.17. The van der Waals surface area contributed by atoms with Crippen LogP contribution in [0.5, 0.6) is 0 Å². The molecule has 5 heteroatoms. The Balaban J connectivity index is 2.12. The summed E-state index contributed by atoms with van der Waals surface area (Å²) in [5.41, 5.74) is 2.48. The molecule has 0 aliphatic carbocycles. The molecular weight excluding hydrogens is 254 g/mol. The molecule has 0 saturated heterocycles. The number of carbonyl (C=O) groups is 1. The van der Waals surface area contributed by atoms with Crippen LogP contribution in [0, 0.1) is 6.92 Å². The average molecular weight is 273 g/mol. The molecule has 0 atom stereocenters.